The number of hydrogen-bond donors (Lipinski definition) is 2. The van der Waals surface area contributed by atoms with Gasteiger partial charge >= 0.3 is 0 Å². The van der Waals surface area contributed by atoms with Gasteiger partial charge in [-0.3, -0.25) is 5.10 Å². The molecule has 1 fully saturated rings. The van der Waals surface area contributed by atoms with E-state index in [9.17, 15) is 4.39 Å². The highest BCUT2D eigenvalue weighted by molar-refractivity contribution is 6.00. The van der Waals surface area contributed by atoms with Crippen molar-refractivity contribution in [3.05, 3.63) is 84.8 Å². The van der Waals surface area contributed by atoms with Gasteiger partial charge in [0.05, 0.1) is 11.2 Å². The molecule has 194 valence electrons. The minimum absolute atomic E-state index is 0.208. The molecule has 2 N–H and O–H groups in total. The van der Waals surface area contributed by atoms with Gasteiger partial charge in [-0.05, 0) is 104 Å². The van der Waals surface area contributed by atoms with Gasteiger partial charge in [0, 0.05) is 34.9 Å². The summed E-state index contributed by atoms with van der Waals surface area (Å²) in [6.45, 7) is 3.45. The highest BCUT2D eigenvalue weighted by Gasteiger charge is 2.16. The van der Waals surface area contributed by atoms with Crippen molar-refractivity contribution in [1.29, 1.82) is 0 Å². The average Bonchev–Trinajstić information content (AvgIpc) is 3.72. The molecule has 0 bridgehead atoms. The van der Waals surface area contributed by atoms with Gasteiger partial charge in [-0.25, -0.2) is 19.3 Å². The number of H-pyrrole nitrogens is 2. The van der Waals surface area contributed by atoms with Crippen LogP contribution in [0, 0.1) is 5.82 Å². The Labute approximate surface area is 225 Å². The Morgan fingerprint density at radius 3 is 2.62 bits per heavy atom. The normalized spacial score (nSPS) is 14.1. The fraction of sp³-hybridized carbons (Fsp3) is 0.226. The molecule has 0 spiro atoms. The Bertz CT molecular complexity index is 1770. The van der Waals surface area contributed by atoms with Crippen LogP contribution in [0.1, 0.15) is 24.8 Å². The van der Waals surface area contributed by atoms with Crippen molar-refractivity contribution < 1.29 is 4.39 Å². The molecule has 1 saturated heterocycles. The molecule has 0 saturated carbocycles. The molecule has 0 aliphatic carbocycles. The quantitative estimate of drug-likeness (QED) is 0.256. The summed E-state index contributed by atoms with van der Waals surface area (Å²) < 4.78 is 14.8. The number of benzene rings is 2. The van der Waals surface area contributed by atoms with E-state index >= 15 is 0 Å². The number of nitrogens with one attached hydrogen (secondary N) is 2. The molecule has 4 aromatic heterocycles. The predicted molar refractivity (Wildman–Crippen MR) is 152 cm³/mol. The summed E-state index contributed by atoms with van der Waals surface area (Å²) in [5.74, 6) is -0.208. The summed E-state index contributed by atoms with van der Waals surface area (Å²) in [6, 6.07) is 15.5. The van der Waals surface area contributed by atoms with Crippen LogP contribution in [0.2, 0.25) is 0 Å². The fourth-order valence-corrected chi connectivity index (χ4v) is 5.72. The second kappa shape index (κ2) is 10.0. The van der Waals surface area contributed by atoms with Crippen molar-refractivity contribution in [2.24, 2.45) is 0 Å². The molecule has 0 unspecified atom stereocenters. The molecule has 0 amide bonds. The third kappa shape index (κ3) is 4.68. The molecule has 39 heavy (non-hydrogen) atoms. The highest BCUT2D eigenvalue weighted by atomic mass is 19.1. The van der Waals surface area contributed by atoms with Crippen LogP contribution in [0.5, 0.6) is 0 Å². The molecular formula is C31H28FN7. The number of nitrogens with zero attached hydrogens (tertiary/aromatic N) is 5. The third-order valence-corrected chi connectivity index (χ3v) is 7.65. The van der Waals surface area contributed by atoms with Gasteiger partial charge in [0.25, 0.3) is 0 Å². The minimum atomic E-state index is -0.208. The lowest BCUT2D eigenvalue weighted by Gasteiger charge is -2.14. The third-order valence-electron chi connectivity index (χ3n) is 7.65. The molecule has 7 nitrogen and oxygen atoms in total. The number of aryl methyl sites for hydroxylation is 1. The van der Waals surface area contributed by atoms with Crippen LogP contribution in [0.15, 0.2) is 73.4 Å². The standard InChI is InChI=1S/C31H28FN7/c32-24-13-20(4-3-11-39-9-1-2-10-39)12-22(14-24)25-7-8-35-31-26(25)16-29(36-31)30-27-15-21(5-6-28(27)37-38-30)23-17-33-19-34-18-23/h5-8,12-19H,1-4,9-11H2,(H,35,36)(H,37,38). The number of fused-ring (bicyclic) bond motifs is 2. The molecule has 1 aliphatic rings. The number of aromatic nitrogens is 6. The summed E-state index contributed by atoms with van der Waals surface area (Å²) >= 11 is 0. The van der Waals surface area contributed by atoms with E-state index in [1.807, 2.05) is 18.2 Å². The first-order valence-corrected chi connectivity index (χ1v) is 13.4. The van der Waals surface area contributed by atoms with Crippen molar-refractivity contribution >= 4 is 21.9 Å². The van der Waals surface area contributed by atoms with Gasteiger partial charge in [-0.1, -0.05) is 12.1 Å². The van der Waals surface area contributed by atoms with Gasteiger partial charge in [0.15, 0.2) is 0 Å². The maximum Gasteiger partial charge on any atom is 0.138 e. The number of halogens is 1. The lowest BCUT2D eigenvalue weighted by Crippen LogP contribution is -2.20. The summed E-state index contributed by atoms with van der Waals surface area (Å²) in [5, 5.41) is 9.67. The zero-order valence-electron chi connectivity index (χ0n) is 21.5. The molecule has 7 rings (SSSR count). The number of hydrogen-bond acceptors (Lipinski definition) is 5. The summed E-state index contributed by atoms with van der Waals surface area (Å²) in [4.78, 5) is 18.8. The van der Waals surface area contributed by atoms with Gasteiger partial charge in [0.1, 0.15) is 23.5 Å². The molecule has 1 aliphatic heterocycles. The van der Waals surface area contributed by atoms with Crippen LogP contribution in [0.3, 0.4) is 0 Å². The molecule has 0 atom stereocenters. The van der Waals surface area contributed by atoms with Crippen LogP contribution >= 0.6 is 0 Å². The molecule has 5 heterocycles. The summed E-state index contributed by atoms with van der Waals surface area (Å²) in [6.07, 6.45) is 11.4. The Hall–Kier alpha value is -4.43. The summed E-state index contributed by atoms with van der Waals surface area (Å²) in [7, 11) is 0. The van der Waals surface area contributed by atoms with E-state index in [0.717, 1.165) is 80.5 Å². The topological polar surface area (TPSA) is 86.4 Å². The van der Waals surface area contributed by atoms with Crippen LogP contribution in [-0.4, -0.2) is 54.7 Å². The highest BCUT2D eigenvalue weighted by Crippen LogP contribution is 2.35. The lowest BCUT2D eigenvalue weighted by atomic mass is 9.99. The Kier molecular flexibility index (Phi) is 6.09. The largest absolute Gasteiger partial charge is 0.338 e. The van der Waals surface area contributed by atoms with Crippen LogP contribution in [0.25, 0.3) is 55.6 Å². The number of rotatable bonds is 7. The smallest absolute Gasteiger partial charge is 0.138 e. The molecule has 8 heteroatoms. The van der Waals surface area contributed by atoms with Crippen molar-refractivity contribution in [3.63, 3.8) is 0 Å². The molecule has 6 aromatic rings. The molecule has 0 radical (unpaired) electrons. The van der Waals surface area contributed by atoms with Gasteiger partial charge < -0.3 is 9.88 Å². The zero-order chi connectivity index (χ0) is 26.2. The fourth-order valence-electron chi connectivity index (χ4n) is 5.72. The van der Waals surface area contributed by atoms with Gasteiger partial charge in [0.2, 0.25) is 0 Å². The number of likely N-dealkylation sites (tertiary alicyclic amines) is 1. The van der Waals surface area contributed by atoms with Crippen molar-refractivity contribution in [3.8, 4) is 33.6 Å². The van der Waals surface area contributed by atoms with E-state index in [2.05, 4.69) is 53.2 Å². The van der Waals surface area contributed by atoms with E-state index in [1.54, 1.807) is 30.7 Å². The minimum Gasteiger partial charge on any atom is -0.338 e. The second-order valence-electron chi connectivity index (χ2n) is 10.3. The van der Waals surface area contributed by atoms with E-state index in [-0.39, 0.29) is 5.82 Å². The lowest BCUT2D eigenvalue weighted by molar-refractivity contribution is 0.334. The molecule has 2 aromatic carbocycles. The predicted octanol–water partition coefficient (Wildman–Crippen LogP) is 6.40. The van der Waals surface area contributed by atoms with Crippen molar-refractivity contribution in [1.82, 2.24) is 35.0 Å². The monoisotopic (exact) mass is 517 g/mol. The average molecular weight is 518 g/mol. The van der Waals surface area contributed by atoms with E-state index in [4.69, 9.17) is 0 Å². The van der Waals surface area contributed by atoms with Crippen LogP contribution < -0.4 is 0 Å². The van der Waals surface area contributed by atoms with Crippen LogP contribution in [0.4, 0.5) is 4.39 Å². The Balaban J connectivity index is 1.23. The zero-order valence-corrected chi connectivity index (χ0v) is 21.5. The second-order valence-corrected chi connectivity index (χ2v) is 10.3. The first-order chi connectivity index (χ1) is 19.2. The Morgan fingerprint density at radius 2 is 1.74 bits per heavy atom. The number of pyridine rings is 1. The SMILES string of the molecule is Fc1cc(CCCN2CCCC2)cc(-c2ccnc3[nH]c(-c4n[nH]c5ccc(-c6cncnc6)cc45)cc23)c1. The number of aromatic amines is 2. The van der Waals surface area contributed by atoms with Gasteiger partial charge in [-0.2, -0.15) is 5.10 Å². The van der Waals surface area contributed by atoms with E-state index in [1.165, 1.54) is 32.3 Å². The van der Waals surface area contributed by atoms with E-state index < -0.39 is 0 Å². The first-order valence-electron chi connectivity index (χ1n) is 13.4. The maximum atomic E-state index is 14.8. The van der Waals surface area contributed by atoms with Gasteiger partial charge in [-0.15, -0.1) is 0 Å². The first kappa shape index (κ1) is 23.7. The maximum absolute atomic E-state index is 14.8. The molecular weight excluding hydrogens is 489 g/mol. The van der Waals surface area contributed by atoms with E-state index in [0.29, 0.717) is 0 Å². The summed E-state index contributed by atoms with van der Waals surface area (Å²) in [5.41, 5.74) is 8.11. The Morgan fingerprint density at radius 1 is 0.872 bits per heavy atom. The van der Waals surface area contributed by atoms with Crippen molar-refractivity contribution in [2.75, 3.05) is 19.6 Å². The van der Waals surface area contributed by atoms with Crippen molar-refractivity contribution in [2.45, 2.75) is 25.7 Å². The van der Waals surface area contributed by atoms with Crippen LogP contribution in [-0.2, 0) is 6.42 Å².